The van der Waals surface area contributed by atoms with E-state index in [1.54, 1.807) is 23.6 Å². The van der Waals surface area contributed by atoms with E-state index >= 15 is 0 Å². The van der Waals surface area contributed by atoms with Crippen molar-refractivity contribution in [3.8, 4) is 11.5 Å². The summed E-state index contributed by atoms with van der Waals surface area (Å²) in [5, 5.41) is 7.59. The van der Waals surface area contributed by atoms with E-state index in [-0.39, 0.29) is 30.4 Å². The summed E-state index contributed by atoms with van der Waals surface area (Å²) in [5.74, 6) is 0.749. The number of ketones is 1. The van der Waals surface area contributed by atoms with Gasteiger partial charge in [-0.3, -0.25) is 14.4 Å². The van der Waals surface area contributed by atoms with Gasteiger partial charge in [-0.25, -0.2) is 4.98 Å². The minimum atomic E-state index is -0.256. The van der Waals surface area contributed by atoms with Gasteiger partial charge in [0.15, 0.2) is 16.7 Å². The number of nitrogens with one attached hydrogen (secondary N) is 2. The van der Waals surface area contributed by atoms with E-state index in [0.717, 1.165) is 4.88 Å². The number of carbonyl (C=O) groups is 3. The molecule has 0 saturated heterocycles. The fourth-order valence-corrected chi connectivity index (χ4v) is 3.93. The zero-order valence-corrected chi connectivity index (χ0v) is 17.0. The van der Waals surface area contributed by atoms with Crippen molar-refractivity contribution < 1.29 is 18.8 Å². The molecule has 0 aliphatic carbocycles. The number of rotatable bonds is 8. The van der Waals surface area contributed by atoms with Crippen molar-refractivity contribution in [2.75, 3.05) is 5.32 Å². The zero-order valence-electron chi connectivity index (χ0n) is 15.4. The third-order valence-electron chi connectivity index (χ3n) is 3.77. The second-order valence-electron chi connectivity index (χ2n) is 6.10. The topological polar surface area (TPSA) is 101 Å². The minimum absolute atomic E-state index is 0.0321. The van der Waals surface area contributed by atoms with Gasteiger partial charge < -0.3 is 15.1 Å². The highest BCUT2D eigenvalue weighted by molar-refractivity contribution is 7.14. The Hall–Kier alpha value is -2.78. The molecule has 3 aromatic heterocycles. The van der Waals surface area contributed by atoms with Crippen LogP contribution in [0.25, 0.3) is 11.5 Å². The lowest BCUT2D eigenvalue weighted by Crippen LogP contribution is -2.18. The average molecular weight is 418 g/mol. The summed E-state index contributed by atoms with van der Waals surface area (Å²) in [5.41, 5.74) is 0.597. The maximum absolute atomic E-state index is 12.1. The van der Waals surface area contributed by atoms with Gasteiger partial charge >= 0.3 is 0 Å². The van der Waals surface area contributed by atoms with Crippen molar-refractivity contribution in [1.82, 2.24) is 10.3 Å². The number of Topliss-reactive ketones (excluding diaryl/α,β-unsaturated/α-hetero) is 1. The van der Waals surface area contributed by atoms with Gasteiger partial charge in [0.05, 0.1) is 11.4 Å². The number of furan rings is 1. The summed E-state index contributed by atoms with van der Waals surface area (Å²) >= 11 is 2.71. The Kier molecular flexibility index (Phi) is 6.37. The van der Waals surface area contributed by atoms with Gasteiger partial charge in [-0.1, -0.05) is 0 Å². The molecule has 0 aromatic carbocycles. The van der Waals surface area contributed by atoms with E-state index in [1.165, 1.54) is 29.6 Å². The second kappa shape index (κ2) is 8.94. The molecule has 0 fully saturated rings. The number of anilines is 1. The van der Waals surface area contributed by atoms with Crippen LogP contribution in [-0.2, 0) is 16.1 Å². The molecule has 2 N–H and O–H groups in total. The van der Waals surface area contributed by atoms with Crippen molar-refractivity contribution >= 4 is 45.4 Å². The Bertz CT molecular complexity index is 1000. The molecule has 0 spiro atoms. The highest BCUT2D eigenvalue weighted by Gasteiger charge is 2.14. The largest absolute Gasteiger partial charge is 0.458 e. The predicted molar refractivity (Wildman–Crippen MR) is 109 cm³/mol. The van der Waals surface area contributed by atoms with Crippen LogP contribution in [0.5, 0.6) is 0 Å². The molecule has 0 aliphatic rings. The first kappa shape index (κ1) is 20.0. The van der Waals surface area contributed by atoms with Gasteiger partial charge in [0.2, 0.25) is 11.8 Å². The van der Waals surface area contributed by atoms with Crippen molar-refractivity contribution in [2.24, 2.45) is 0 Å². The molecule has 7 nitrogen and oxygen atoms in total. The van der Waals surface area contributed by atoms with Crippen LogP contribution in [0.2, 0.25) is 0 Å². The summed E-state index contributed by atoms with van der Waals surface area (Å²) in [6.07, 6.45) is 0.265. The van der Waals surface area contributed by atoms with E-state index in [4.69, 9.17) is 4.42 Å². The molecule has 146 valence electrons. The molecule has 28 heavy (non-hydrogen) atoms. The number of thiophene rings is 1. The molecule has 0 atom stereocenters. The van der Waals surface area contributed by atoms with Crippen LogP contribution < -0.4 is 10.6 Å². The Morgan fingerprint density at radius 3 is 2.68 bits per heavy atom. The Morgan fingerprint density at radius 1 is 1.14 bits per heavy atom. The van der Waals surface area contributed by atoms with E-state index in [9.17, 15) is 14.4 Å². The van der Waals surface area contributed by atoms with Crippen LogP contribution in [0.4, 0.5) is 5.13 Å². The molecule has 3 aromatic rings. The monoisotopic (exact) mass is 417 g/mol. The Balaban J connectivity index is 1.52. The quantitative estimate of drug-likeness (QED) is 0.539. The number of hydrogen-bond donors (Lipinski definition) is 2. The SMILES string of the molecule is CC(=O)NCc1ccc(-c2csc(NC(=O)CCC(=O)c3ccc(C)s3)n2)o1. The third-order valence-corrected chi connectivity index (χ3v) is 5.57. The molecule has 0 saturated carbocycles. The normalized spacial score (nSPS) is 10.6. The number of carbonyl (C=O) groups excluding carboxylic acids is 3. The van der Waals surface area contributed by atoms with Crippen LogP contribution in [0.3, 0.4) is 0 Å². The average Bonchev–Trinajstić information content (AvgIpc) is 3.38. The zero-order chi connectivity index (χ0) is 20.1. The molecule has 3 rings (SSSR count). The lowest BCUT2D eigenvalue weighted by atomic mass is 10.2. The maximum Gasteiger partial charge on any atom is 0.226 e. The van der Waals surface area contributed by atoms with Crippen LogP contribution in [0, 0.1) is 6.92 Å². The maximum atomic E-state index is 12.1. The first-order valence-corrected chi connectivity index (χ1v) is 10.3. The number of hydrogen-bond acceptors (Lipinski definition) is 7. The summed E-state index contributed by atoms with van der Waals surface area (Å²) in [6.45, 7) is 3.69. The number of aromatic nitrogens is 1. The number of thiazole rings is 1. The fourth-order valence-electron chi connectivity index (χ4n) is 2.38. The van der Waals surface area contributed by atoms with Crippen molar-refractivity contribution in [3.63, 3.8) is 0 Å². The third kappa shape index (κ3) is 5.37. The van der Waals surface area contributed by atoms with Gasteiger partial charge in [-0.15, -0.1) is 22.7 Å². The van der Waals surface area contributed by atoms with Gasteiger partial charge in [-0.05, 0) is 31.2 Å². The van der Waals surface area contributed by atoms with E-state index in [0.29, 0.717) is 33.8 Å². The second-order valence-corrected chi connectivity index (χ2v) is 8.24. The summed E-state index contributed by atoms with van der Waals surface area (Å²) in [7, 11) is 0. The predicted octanol–water partition coefficient (Wildman–Crippen LogP) is 4.01. The molecule has 0 aliphatic heterocycles. The van der Waals surface area contributed by atoms with Gasteiger partial charge in [0, 0.05) is 30.0 Å². The Labute approximate surface area is 169 Å². The molecule has 3 heterocycles. The molecule has 0 unspecified atom stereocenters. The van der Waals surface area contributed by atoms with Crippen LogP contribution in [0.15, 0.2) is 34.1 Å². The van der Waals surface area contributed by atoms with Crippen molar-refractivity contribution in [3.05, 3.63) is 45.2 Å². The van der Waals surface area contributed by atoms with Gasteiger partial charge in [0.1, 0.15) is 11.5 Å². The van der Waals surface area contributed by atoms with E-state index in [1.807, 2.05) is 13.0 Å². The van der Waals surface area contributed by atoms with Crippen molar-refractivity contribution in [1.29, 1.82) is 0 Å². The number of aryl methyl sites for hydroxylation is 1. The van der Waals surface area contributed by atoms with E-state index < -0.39 is 0 Å². The van der Waals surface area contributed by atoms with Crippen LogP contribution >= 0.6 is 22.7 Å². The smallest absolute Gasteiger partial charge is 0.226 e. The minimum Gasteiger partial charge on any atom is -0.458 e. The molecule has 2 amide bonds. The molecular formula is C19H19N3O4S2. The highest BCUT2D eigenvalue weighted by atomic mass is 32.1. The molecular weight excluding hydrogens is 398 g/mol. The van der Waals surface area contributed by atoms with E-state index in [2.05, 4.69) is 15.6 Å². The Morgan fingerprint density at radius 2 is 1.96 bits per heavy atom. The summed E-state index contributed by atoms with van der Waals surface area (Å²) in [6, 6.07) is 7.21. The number of amides is 2. The first-order chi connectivity index (χ1) is 13.4. The van der Waals surface area contributed by atoms with Gasteiger partial charge in [0.25, 0.3) is 0 Å². The molecule has 0 radical (unpaired) electrons. The lowest BCUT2D eigenvalue weighted by Gasteiger charge is -2.00. The number of nitrogens with zero attached hydrogens (tertiary/aromatic N) is 1. The fraction of sp³-hybridized carbons (Fsp3) is 0.263. The first-order valence-electron chi connectivity index (χ1n) is 8.59. The molecule has 0 bridgehead atoms. The summed E-state index contributed by atoms with van der Waals surface area (Å²) in [4.78, 5) is 41.2. The standard InChI is InChI=1S/C19H19N3O4S2/c1-11-3-7-17(28-11)15(24)5-8-18(25)22-19-21-14(10-27-19)16-6-4-13(26-16)9-20-12(2)23/h3-4,6-7,10H,5,8-9H2,1-2H3,(H,20,23)(H,21,22,25). The molecule has 9 heteroatoms. The highest BCUT2D eigenvalue weighted by Crippen LogP contribution is 2.27. The van der Waals surface area contributed by atoms with Crippen LogP contribution in [-0.4, -0.2) is 22.6 Å². The van der Waals surface area contributed by atoms with Crippen molar-refractivity contribution in [2.45, 2.75) is 33.2 Å². The summed E-state index contributed by atoms with van der Waals surface area (Å²) < 4.78 is 5.64. The van der Waals surface area contributed by atoms with Gasteiger partial charge in [-0.2, -0.15) is 0 Å². The van der Waals surface area contributed by atoms with Crippen LogP contribution in [0.1, 0.15) is 40.1 Å². The lowest BCUT2D eigenvalue weighted by molar-refractivity contribution is -0.119.